The number of piperidine rings is 1. The normalized spacial score (nSPS) is 22.0. The Balaban J connectivity index is 1.31. The fourth-order valence-electron chi connectivity index (χ4n) is 3.86. The molecule has 1 unspecified atom stereocenters. The maximum atomic E-state index is 12.2. The Bertz CT molecular complexity index is 744. The second kappa shape index (κ2) is 8.28. The Morgan fingerprint density at radius 2 is 2.07 bits per heavy atom. The molecule has 0 saturated carbocycles. The Kier molecular flexibility index (Phi) is 5.61. The van der Waals surface area contributed by atoms with Crippen LogP contribution in [0.3, 0.4) is 0 Å². The summed E-state index contributed by atoms with van der Waals surface area (Å²) in [6.45, 7) is 6.49. The lowest BCUT2D eigenvalue weighted by Crippen LogP contribution is -2.54. The summed E-state index contributed by atoms with van der Waals surface area (Å²) in [7, 11) is 2.22. The van der Waals surface area contributed by atoms with Gasteiger partial charge in [-0.25, -0.2) is 4.98 Å². The van der Waals surface area contributed by atoms with E-state index in [9.17, 15) is 4.79 Å². The van der Waals surface area contributed by atoms with Crippen molar-refractivity contribution in [3.63, 3.8) is 0 Å². The average molecular weight is 388 g/mol. The van der Waals surface area contributed by atoms with E-state index >= 15 is 0 Å². The second-order valence-electron chi connectivity index (χ2n) is 7.18. The second-order valence-corrected chi connectivity index (χ2v) is 8.02. The van der Waals surface area contributed by atoms with Gasteiger partial charge in [-0.05, 0) is 38.6 Å². The molecule has 0 aromatic carbocycles. The Morgan fingerprint density at radius 3 is 2.74 bits per heavy atom. The third-order valence-electron chi connectivity index (χ3n) is 5.34. The lowest BCUT2D eigenvalue weighted by molar-refractivity contribution is 0.102. The van der Waals surface area contributed by atoms with Crippen LogP contribution in [0.2, 0.25) is 0 Å². The molecule has 1 N–H and O–H groups in total. The van der Waals surface area contributed by atoms with Crippen molar-refractivity contribution in [2.24, 2.45) is 0 Å². The summed E-state index contributed by atoms with van der Waals surface area (Å²) in [5, 5.41) is 10.8. The van der Waals surface area contributed by atoms with Crippen LogP contribution in [0.4, 0.5) is 10.9 Å². The molecule has 27 heavy (non-hydrogen) atoms. The first kappa shape index (κ1) is 18.3. The lowest BCUT2D eigenvalue weighted by Gasteiger charge is -2.43. The van der Waals surface area contributed by atoms with Gasteiger partial charge in [-0.2, -0.15) is 0 Å². The van der Waals surface area contributed by atoms with Crippen LogP contribution >= 0.6 is 11.3 Å². The number of carbonyl (C=O) groups is 1. The fourth-order valence-corrected chi connectivity index (χ4v) is 4.30. The van der Waals surface area contributed by atoms with E-state index in [4.69, 9.17) is 0 Å². The zero-order valence-corrected chi connectivity index (χ0v) is 16.4. The van der Waals surface area contributed by atoms with Crippen LogP contribution in [0.5, 0.6) is 0 Å². The van der Waals surface area contributed by atoms with Crippen molar-refractivity contribution in [2.45, 2.75) is 18.9 Å². The van der Waals surface area contributed by atoms with Crippen molar-refractivity contribution in [2.75, 3.05) is 56.5 Å². The molecule has 2 aromatic heterocycles. The van der Waals surface area contributed by atoms with E-state index in [0.717, 1.165) is 32.0 Å². The maximum absolute atomic E-state index is 12.2. The van der Waals surface area contributed by atoms with E-state index in [1.807, 2.05) is 12.1 Å². The van der Waals surface area contributed by atoms with Crippen molar-refractivity contribution >= 4 is 28.2 Å². The number of carbonyl (C=O) groups excluding carboxylic acids is 1. The minimum atomic E-state index is -0.211. The quantitative estimate of drug-likeness (QED) is 0.850. The van der Waals surface area contributed by atoms with E-state index in [-0.39, 0.29) is 5.91 Å². The van der Waals surface area contributed by atoms with Crippen LogP contribution in [-0.2, 0) is 0 Å². The standard InChI is InChI=1S/C18H25N7OS/c1-23-6-2-3-15(12-23)24-7-9-25(10-8-24)16-5-4-14(11-19-16)17(26)21-18-22-20-13-27-18/h4-5,11,13,15H,2-3,6-10,12H2,1H3,(H,21,22,26). The number of hydrogen-bond acceptors (Lipinski definition) is 8. The third kappa shape index (κ3) is 4.42. The third-order valence-corrected chi connectivity index (χ3v) is 5.95. The smallest absolute Gasteiger partial charge is 0.259 e. The molecule has 0 spiro atoms. The summed E-state index contributed by atoms with van der Waals surface area (Å²) in [5.74, 6) is 0.722. The van der Waals surface area contributed by atoms with E-state index in [2.05, 4.69) is 42.2 Å². The molecule has 144 valence electrons. The van der Waals surface area contributed by atoms with E-state index < -0.39 is 0 Å². The summed E-state index contributed by atoms with van der Waals surface area (Å²) in [4.78, 5) is 24.1. The highest BCUT2D eigenvalue weighted by Gasteiger charge is 2.27. The predicted molar refractivity (Wildman–Crippen MR) is 106 cm³/mol. The van der Waals surface area contributed by atoms with Crippen LogP contribution in [-0.4, -0.2) is 83.2 Å². The first-order valence-corrected chi connectivity index (χ1v) is 10.3. The van der Waals surface area contributed by atoms with E-state index in [1.54, 1.807) is 11.7 Å². The highest BCUT2D eigenvalue weighted by Crippen LogP contribution is 2.20. The number of nitrogens with one attached hydrogen (secondary N) is 1. The topological polar surface area (TPSA) is 77.5 Å². The summed E-state index contributed by atoms with van der Waals surface area (Å²) in [6.07, 6.45) is 4.23. The zero-order chi connectivity index (χ0) is 18.6. The van der Waals surface area contributed by atoms with Crippen LogP contribution in [0.1, 0.15) is 23.2 Å². The van der Waals surface area contributed by atoms with Gasteiger partial charge in [0.2, 0.25) is 5.13 Å². The minimum Gasteiger partial charge on any atom is -0.354 e. The van der Waals surface area contributed by atoms with Crippen LogP contribution < -0.4 is 10.2 Å². The van der Waals surface area contributed by atoms with Crippen molar-refractivity contribution in [3.8, 4) is 0 Å². The highest BCUT2D eigenvalue weighted by molar-refractivity contribution is 7.13. The number of anilines is 2. The van der Waals surface area contributed by atoms with Gasteiger partial charge in [0.25, 0.3) is 5.91 Å². The summed E-state index contributed by atoms with van der Waals surface area (Å²) >= 11 is 1.29. The van der Waals surface area contributed by atoms with Gasteiger partial charge in [0.1, 0.15) is 11.3 Å². The molecule has 2 aromatic rings. The van der Waals surface area contributed by atoms with Crippen molar-refractivity contribution in [1.29, 1.82) is 0 Å². The number of piperazine rings is 1. The number of rotatable bonds is 4. The Labute approximate surface area is 163 Å². The molecule has 0 aliphatic carbocycles. The molecule has 1 atom stereocenters. The van der Waals surface area contributed by atoms with Gasteiger partial charge in [-0.15, -0.1) is 10.2 Å². The van der Waals surface area contributed by atoms with Gasteiger partial charge in [-0.3, -0.25) is 15.0 Å². The van der Waals surface area contributed by atoms with Crippen molar-refractivity contribution < 1.29 is 4.79 Å². The van der Waals surface area contributed by atoms with E-state index in [1.165, 1.54) is 37.3 Å². The lowest BCUT2D eigenvalue weighted by atomic mass is 10.0. The predicted octanol–water partition coefficient (Wildman–Crippen LogP) is 1.40. The Morgan fingerprint density at radius 1 is 1.22 bits per heavy atom. The molecule has 1 amide bonds. The summed E-state index contributed by atoms with van der Waals surface area (Å²) in [6, 6.07) is 4.44. The molecule has 8 nitrogen and oxygen atoms in total. The molecular weight excluding hydrogens is 362 g/mol. The summed E-state index contributed by atoms with van der Waals surface area (Å²) < 4.78 is 0. The molecule has 9 heteroatoms. The van der Waals surface area contributed by atoms with Gasteiger partial charge in [0.05, 0.1) is 5.56 Å². The highest BCUT2D eigenvalue weighted by atomic mass is 32.1. The number of pyridine rings is 1. The molecule has 4 rings (SSSR count). The number of amides is 1. The molecule has 2 fully saturated rings. The molecule has 0 radical (unpaired) electrons. The first-order valence-electron chi connectivity index (χ1n) is 9.40. The average Bonchev–Trinajstić information content (AvgIpc) is 3.21. The van der Waals surface area contributed by atoms with E-state index in [0.29, 0.717) is 16.7 Å². The molecule has 4 heterocycles. The zero-order valence-electron chi connectivity index (χ0n) is 15.5. The van der Waals surface area contributed by atoms with Gasteiger partial charge < -0.3 is 9.80 Å². The molecular formula is C18H25N7OS. The SMILES string of the molecule is CN1CCCC(N2CCN(c3ccc(C(=O)Nc4nncs4)cn3)CC2)C1. The van der Waals surface area contributed by atoms with Crippen LogP contribution in [0.15, 0.2) is 23.8 Å². The number of aromatic nitrogens is 3. The monoisotopic (exact) mass is 387 g/mol. The van der Waals surface area contributed by atoms with Gasteiger partial charge in [-0.1, -0.05) is 11.3 Å². The van der Waals surface area contributed by atoms with Gasteiger partial charge in [0, 0.05) is 45.0 Å². The number of likely N-dealkylation sites (N-methyl/N-ethyl adjacent to an activating group) is 1. The van der Waals surface area contributed by atoms with Crippen molar-refractivity contribution in [3.05, 3.63) is 29.4 Å². The number of likely N-dealkylation sites (tertiary alicyclic amines) is 1. The summed E-state index contributed by atoms with van der Waals surface area (Å²) in [5.41, 5.74) is 2.11. The maximum Gasteiger partial charge on any atom is 0.259 e. The van der Waals surface area contributed by atoms with Gasteiger partial charge in [0.15, 0.2) is 0 Å². The van der Waals surface area contributed by atoms with Gasteiger partial charge >= 0.3 is 0 Å². The molecule has 2 saturated heterocycles. The molecule has 0 bridgehead atoms. The largest absolute Gasteiger partial charge is 0.354 e. The number of nitrogens with zero attached hydrogens (tertiary/aromatic N) is 6. The number of hydrogen-bond donors (Lipinski definition) is 1. The van der Waals surface area contributed by atoms with Crippen LogP contribution in [0.25, 0.3) is 0 Å². The van der Waals surface area contributed by atoms with Crippen molar-refractivity contribution in [1.82, 2.24) is 25.0 Å². The molecule has 2 aliphatic heterocycles. The Hall–Kier alpha value is -2.10. The molecule has 2 aliphatic rings. The van der Waals surface area contributed by atoms with Crippen LogP contribution in [0, 0.1) is 0 Å². The minimum absolute atomic E-state index is 0.211. The first-order chi connectivity index (χ1) is 13.2. The fraction of sp³-hybridized carbons (Fsp3) is 0.556.